The normalized spacial score (nSPS) is 16.7. The van der Waals surface area contributed by atoms with E-state index in [0.717, 1.165) is 11.0 Å². The van der Waals surface area contributed by atoms with Crippen LogP contribution in [0.25, 0.3) is 0 Å². The summed E-state index contributed by atoms with van der Waals surface area (Å²) in [7, 11) is 0. The van der Waals surface area contributed by atoms with E-state index in [1.807, 2.05) is 0 Å². The fourth-order valence-corrected chi connectivity index (χ4v) is 2.05. The molecular formula is C13H11F4NO2. The number of alkyl halides is 3. The van der Waals surface area contributed by atoms with Gasteiger partial charge in [-0.25, -0.2) is 4.39 Å². The van der Waals surface area contributed by atoms with Gasteiger partial charge in [0.1, 0.15) is 5.82 Å². The number of likely N-dealkylation sites (tertiary alicyclic amines) is 1. The zero-order valence-electron chi connectivity index (χ0n) is 10.3. The Hall–Kier alpha value is -1.92. The average Bonchev–Trinajstić information content (AvgIpc) is 2.34. The highest BCUT2D eigenvalue weighted by Crippen LogP contribution is 2.32. The van der Waals surface area contributed by atoms with Crippen molar-refractivity contribution in [1.82, 2.24) is 4.90 Å². The van der Waals surface area contributed by atoms with Gasteiger partial charge in [-0.2, -0.15) is 13.2 Å². The first kappa shape index (κ1) is 14.5. The van der Waals surface area contributed by atoms with Gasteiger partial charge in [0.2, 0.25) is 11.8 Å². The molecule has 2 amide bonds. The van der Waals surface area contributed by atoms with Gasteiger partial charge < -0.3 is 0 Å². The number of hydrogen-bond donors (Lipinski definition) is 0. The number of amides is 2. The maximum Gasteiger partial charge on any atom is 0.419 e. The van der Waals surface area contributed by atoms with E-state index in [2.05, 4.69) is 0 Å². The van der Waals surface area contributed by atoms with Crippen molar-refractivity contribution in [2.75, 3.05) is 0 Å². The van der Waals surface area contributed by atoms with E-state index in [1.54, 1.807) is 0 Å². The minimum atomic E-state index is -4.81. The van der Waals surface area contributed by atoms with Crippen LogP contribution in [-0.4, -0.2) is 16.7 Å². The van der Waals surface area contributed by atoms with Crippen LogP contribution in [0.15, 0.2) is 18.2 Å². The molecule has 7 heteroatoms. The third-order valence-corrected chi connectivity index (χ3v) is 3.06. The molecule has 1 saturated heterocycles. The number of carbonyl (C=O) groups excluding carboxylic acids is 2. The van der Waals surface area contributed by atoms with Gasteiger partial charge >= 0.3 is 6.18 Å². The van der Waals surface area contributed by atoms with Crippen molar-refractivity contribution in [2.24, 2.45) is 0 Å². The first-order chi connectivity index (χ1) is 9.29. The number of imide groups is 1. The molecule has 0 aromatic heterocycles. The highest BCUT2D eigenvalue weighted by molar-refractivity contribution is 5.97. The van der Waals surface area contributed by atoms with E-state index in [4.69, 9.17) is 0 Å². The molecule has 0 radical (unpaired) electrons. The zero-order chi connectivity index (χ0) is 14.9. The van der Waals surface area contributed by atoms with Gasteiger partial charge in [0, 0.05) is 12.8 Å². The van der Waals surface area contributed by atoms with Gasteiger partial charge in [0.25, 0.3) is 0 Å². The summed E-state index contributed by atoms with van der Waals surface area (Å²) in [6.07, 6.45) is -3.97. The summed E-state index contributed by atoms with van der Waals surface area (Å²) >= 11 is 0. The van der Waals surface area contributed by atoms with E-state index in [1.165, 1.54) is 0 Å². The standard InChI is InChI=1S/C13H11F4NO2/c14-10-5-4-8(6-9(10)13(15,16)17)7-18-11(19)2-1-3-12(18)20/h4-6H,1-3,7H2. The average molecular weight is 289 g/mol. The fourth-order valence-electron chi connectivity index (χ4n) is 2.05. The SMILES string of the molecule is O=C1CCCC(=O)N1Cc1ccc(F)c(C(F)(F)F)c1. The van der Waals surface area contributed by atoms with Gasteiger partial charge in [-0.05, 0) is 24.1 Å². The molecular weight excluding hydrogens is 278 g/mol. The number of nitrogens with zero attached hydrogens (tertiary/aromatic N) is 1. The Morgan fingerprint density at radius 2 is 1.70 bits per heavy atom. The van der Waals surface area contributed by atoms with Crippen LogP contribution in [0.2, 0.25) is 0 Å². The smallest absolute Gasteiger partial charge is 0.278 e. The summed E-state index contributed by atoms with van der Waals surface area (Å²) in [6, 6.07) is 2.46. The number of halogens is 4. The van der Waals surface area contributed by atoms with Crippen molar-refractivity contribution in [3.8, 4) is 0 Å². The maximum atomic E-state index is 13.1. The lowest BCUT2D eigenvalue weighted by atomic mass is 10.1. The minimum absolute atomic E-state index is 0.0716. The molecule has 0 atom stereocenters. The molecule has 1 aliphatic heterocycles. The van der Waals surface area contributed by atoms with Crippen molar-refractivity contribution in [1.29, 1.82) is 0 Å². The lowest BCUT2D eigenvalue weighted by Gasteiger charge is -2.25. The van der Waals surface area contributed by atoms with Gasteiger partial charge in [-0.3, -0.25) is 14.5 Å². The van der Waals surface area contributed by atoms with Crippen LogP contribution < -0.4 is 0 Å². The number of rotatable bonds is 2. The molecule has 1 fully saturated rings. The Labute approximate surface area is 112 Å². The van der Waals surface area contributed by atoms with Crippen LogP contribution in [0.3, 0.4) is 0 Å². The van der Waals surface area contributed by atoms with Gasteiger partial charge in [-0.15, -0.1) is 0 Å². The van der Waals surface area contributed by atoms with Crippen LogP contribution in [-0.2, 0) is 22.3 Å². The molecule has 0 bridgehead atoms. The molecule has 2 rings (SSSR count). The van der Waals surface area contributed by atoms with E-state index < -0.39 is 29.4 Å². The topological polar surface area (TPSA) is 37.4 Å². The van der Waals surface area contributed by atoms with E-state index in [0.29, 0.717) is 18.6 Å². The Balaban J connectivity index is 2.26. The lowest BCUT2D eigenvalue weighted by molar-refractivity contribution is -0.148. The van der Waals surface area contributed by atoms with Crippen molar-refractivity contribution in [2.45, 2.75) is 32.0 Å². The minimum Gasteiger partial charge on any atom is -0.278 e. The Kier molecular flexibility index (Phi) is 3.78. The first-order valence-corrected chi connectivity index (χ1v) is 5.98. The van der Waals surface area contributed by atoms with E-state index >= 15 is 0 Å². The molecule has 0 aliphatic carbocycles. The van der Waals surface area contributed by atoms with Crippen LogP contribution >= 0.6 is 0 Å². The van der Waals surface area contributed by atoms with Gasteiger partial charge in [0.05, 0.1) is 12.1 Å². The number of benzene rings is 1. The van der Waals surface area contributed by atoms with E-state index in [-0.39, 0.29) is 24.9 Å². The highest BCUT2D eigenvalue weighted by Gasteiger charge is 2.34. The summed E-state index contributed by atoms with van der Waals surface area (Å²) in [5.41, 5.74) is -1.32. The van der Waals surface area contributed by atoms with Crippen molar-refractivity contribution in [3.05, 3.63) is 35.1 Å². The molecule has 108 valence electrons. The molecule has 1 aliphatic rings. The van der Waals surface area contributed by atoms with Crippen molar-refractivity contribution >= 4 is 11.8 Å². The zero-order valence-corrected chi connectivity index (χ0v) is 10.3. The summed E-state index contributed by atoms with van der Waals surface area (Å²) in [6.45, 7) is -0.263. The quantitative estimate of drug-likeness (QED) is 0.620. The van der Waals surface area contributed by atoms with Crippen molar-refractivity contribution < 1.29 is 27.2 Å². The van der Waals surface area contributed by atoms with E-state index in [9.17, 15) is 27.2 Å². The second-order valence-corrected chi connectivity index (χ2v) is 4.54. The molecule has 1 aromatic rings. The first-order valence-electron chi connectivity index (χ1n) is 5.98. The lowest BCUT2D eigenvalue weighted by Crippen LogP contribution is -2.39. The number of hydrogen-bond acceptors (Lipinski definition) is 2. The monoisotopic (exact) mass is 289 g/mol. The fraction of sp³-hybridized carbons (Fsp3) is 0.385. The Morgan fingerprint density at radius 3 is 2.25 bits per heavy atom. The molecule has 20 heavy (non-hydrogen) atoms. The third kappa shape index (κ3) is 2.97. The Bertz CT molecular complexity index is 538. The van der Waals surface area contributed by atoms with Gasteiger partial charge in [0.15, 0.2) is 0 Å². The summed E-state index contributed by atoms with van der Waals surface area (Å²) in [5, 5.41) is 0. The number of piperidine rings is 1. The second-order valence-electron chi connectivity index (χ2n) is 4.54. The van der Waals surface area contributed by atoms with Crippen molar-refractivity contribution in [3.63, 3.8) is 0 Å². The molecule has 0 saturated carbocycles. The predicted octanol–water partition coefficient (Wildman–Crippen LogP) is 2.88. The summed E-state index contributed by atoms with van der Waals surface area (Å²) < 4.78 is 50.8. The molecule has 1 aromatic carbocycles. The molecule has 0 unspecified atom stereocenters. The number of carbonyl (C=O) groups is 2. The second kappa shape index (κ2) is 5.22. The van der Waals surface area contributed by atoms with Crippen LogP contribution in [0.5, 0.6) is 0 Å². The Morgan fingerprint density at radius 1 is 1.10 bits per heavy atom. The van der Waals surface area contributed by atoms with Crippen LogP contribution in [0.4, 0.5) is 17.6 Å². The predicted molar refractivity (Wildman–Crippen MR) is 60.8 cm³/mol. The summed E-state index contributed by atoms with van der Waals surface area (Å²) in [4.78, 5) is 24.0. The molecule has 0 N–H and O–H groups in total. The van der Waals surface area contributed by atoms with Crippen LogP contribution in [0.1, 0.15) is 30.4 Å². The highest BCUT2D eigenvalue weighted by atomic mass is 19.4. The molecule has 0 spiro atoms. The van der Waals surface area contributed by atoms with Gasteiger partial charge in [-0.1, -0.05) is 6.07 Å². The van der Waals surface area contributed by atoms with Crippen LogP contribution in [0, 0.1) is 5.82 Å². The maximum absolute atomic E-state index is 13.1. The molecule has 1 heterocycles. The summed E-state index contributed by atoms with van der Waals surface area (Å²) in [5.74, 6) is -2.21. The third-order valence-electron chi connectivity index (χ3n) is 3.06. The molecule has 3 nitrogen and oxygen atoms in total. The largest absolute Gasteiger partial charge is 0.419 e.